The van der Waals surface area contributed by atoms with E-state index in [1.54, 1.807) is 12.1 Å². The second kappa shape index (κ2) is 4.06. The zero-order valence-corrected chi connectivity index (χ0v) is 9.84. The topological polar surface area (TPSA) is 37.8 Å². The lowest BCUT2D eigenvalue weighted by Crippen LogP contribution is -2.13. The van der Waals surface area contributed by atoms with E-state index in [1.165, 1.54) is 12.1 Å². The highest BCUT2D eigenvalue weighted by Crippen LogP contribution is 2.26. The summed E-state index contributed by atoms with van der Waals surface area (Å²) in [5, 5.41) is 2.02. The van der Waals surface area contributed by atoms with Crippen LogP contribution in [0.15, 0.2) is 39.6 Å². The summed E-state index contributed by atoms with van der Waals surface area (Å²) in [6.45, 7) is 0. The van der Waals surface area contributed by atoms with Gasteiger partial charge < -0.3 is 0 Å². The first-order chi connectivity index (χ1) is 7.88. The van der Waals surface area contributed by atoms with Crippen LogP contribution < -0.4 is 5.56 Å². The minimum Gasteiger partial charge on any atom is -0.286 e. The van der Waals surface area contributed by atoms with Crippen molar-refractivity contribution in [2.45, 2.75) is 6.18 Å². The molecule has 0 atom stereocenters. The van der Waals surface area contributed by atoms with Crippen molar-refractivity contribution in [1.82, 2.24) is 9.78 Å². The number of aromatic nitrogens is 2. The molecule has 0 bridgehead atoms. The third-order valence-corrected chi connectivity index (χ3v) is 2.64. The fourth-order valence-corrected chi connectivity index (χ4v) is 1.59. The van der Waals surface area contributed by atoms with E-state index in [0.717, 1.165) is 9.15 Å². The molecule has 0 spiro atoms. The quantitative estimate of drug-likeness (QED) is 0.864. The first kappa shape index (κ1) is 12.0. The fourth-order valence-electron chi connectivity index (χ4n) is 1.32. The molecule has 7 heteroatoms. The van der Waals surface area contributed by atoms with E-state index in [-0.39, 0.29) is 0 Å². The van der Waals surface area contributed by atoms with Crippen molar-refractivity contribution >= 4 is 15.9 Å². The standard InChI is InChI=1S/C10H6BrF3N2O/c11-6-1-3-7(4-2-6)16-9(17)5-8(15-16)10(12,13)14/h1-5,15H. The number of hydrogen-bond acceptors (Lipinski definition) is 1. The van der Waals surface area contributed by atoms with Crippen LogP contribution >= 0.6 is 15.9 Å². The lowest BCUT2D eigenvalue weighted by molar-refractivity contribution is -0.141. The van der Waals surface area contributed by atoms with E-state index in [4.69, 9.17) is 0 Å². The molecule has 0 aliphatic rings. The first-order valence-electron chi connectivity index (χ1n) is 4.53. The van der Waals surface area contributed by atoms with Crippen LogP contribution in [0.3, 0.4) is 0 Å². The summed E-state index contributed by atoms with van der Waals surface area (Å²) < 4.78 is 38.7. The van der Waals surface area contributed by atoms with Crippen LogP contribution in [0, 0.1) is 0 Å². The average molecular weight is 307 g/mol. The molecular weight excluding hydrogens is 301 g/mol. The second-order valence-electron chi connectivity index (χ2n) is 3.32. The molecule has 2 aromatic rings. The van der Waals surface area contributed by atoms with Gasteiger partial charge in [-0.3, -0.25) is 9.89 Å². The van der Waals surface area contributed by atoms with Gasteiger partial charge in [0.25, 0.3) is 5.56 Å². The zero-order valence-electron chi connectivity index (χ0n) is 8.25. The summed E-state index contributed by atoms with van der Waals surface area (Å²) in [6.07, 6.45) is -4.56. The molecule has 1 heterocycles. The third kappa shape index (κ3) is 2.44. The van der Waals surface area contributed by atoms with Crippen LogP contribution in [0.25, 0.3) is 5.69 Å². The van der Waals surface area contributed by atoms with Gasteiger partial charge in [0.1, 0.15) is 5.69 Å². The summed E-state index contributed by atoms with van der Waals surface area (Å²) in [6, 6.07) is 6.86. The number of aromatic amines is 1. The van der Waals surface area contributed by atoms with E-state index < -0.39 is 17.4 Å². The monoisotopic (exact) mass is 306 g/mol. The van der Waals surface area contributed by atoms with Gasteiger partial charge in [0.05, 0.1) is 5.69 Å². The molecule has 0 amide bonds. The molecule has 90 valence electrons. The van der Waals surface area contributed by atoms with Crippen LogP contribution in [0.2, 0.25) is 0 Å². The van der Waals surface area contributed by atoms with E-state index in [1.807, 2.05) is 5.10 Å². The van der Waals surface area contributed by atoms with Gasteiger partial charge in [-0.15, -0.1) is 0 Å². The third-order valence-electron chi connectivity index (χ3n) is 2.11. The number of rotatable bonds is 1. The van der Waals surface area contributed by atoms with Gasteiger partial charge in [-0.05, 0) is 24.3 Å². The molecule has 17 heavy (non-hydrogen) atoms. The SMILES string of the molecule is O=c1cc(C(F)(F)F)[nH]n1-c1ccc(Br)cc1. The van der Waals surface area contributed by atoms with E-state index >= 15 is 0 Å². The second-order valence-corrected chi connectivity index (χ2v) is 4.23. The minimum atomic E-state index is -4.56. The summed E-state index contributed by atoms with van der Waals surface area (Å²) >= 11 is 3.20. The number of alkyl halides is 3. The maximum atomic E-state index is 12.4. The Morgan fingerprint density at radius 3 is 2.24 bits per heavy atom. The van der Waals surface area contributed by atoms with Gasteiger partial charge in [0, 0.05) is 10.5 Å². The number of halogens is 4. The molecule has 1 aromatic carbocycles. The predicted octanol–water partition coefficient (Wildman–Crippen LogP) is 2.95. The lowest BCUT2D eigenvalue weighted by atomic mass is 10.3. The van der Waals surface area contributed by atoms with Crippen LogP contribution in [-0.4, -0.2) is 9.78 Å². The number of benzene rings is 1. The Balaban J connectivity index is 2.50. The van der Waals surface area contributed by atoms with Crippen molar-refractivity contribution in [3.63, 3.8) is 0 Å². The van der Waals surface area contributed by atoms with Gasteiger partial charge in [-0.1, -0.05) is 15.9 Å². The first-order valence-corrected chi connectivity index (χ1v) is 5.32. The number of H-pyrrole nitrogens is 1. The summed E-state index contributed by atoms with van der Waals surface area (Å²) in [5.74, 6) is 0. The molecule has 0 aliphatic heterocycles. The molecule has 0 aliphatic carbocycles. The molecule has 1 N–H and O–H groups in total. The van der Waals surface area contributed by atoms with Crippen LogP contribution in [-0.2, 0) is 6.18 Å². The average Bonchev–Trinajstić information content (AvgIpc) is 2.61. The van der Waals surface area contributed by atoms with Crippen LogP contribution in [0.1, 0.15) is 5.69 Å². The lowest BCUT2D eigenvalue weighted by Gasteiger charge is -2.04. The predicted molar refractivity (Wildman–Crippen MR) is 59.1 cm³/mol. The zero-order chi connectivity index (χ0) is 12.6. The number of hydrogen-bond donors (Lipinski definition) is 1. The van der Waals surface area contributed by atoms with E-state index in [9.17, 15) is 18.0 Å². The number of nitrogens with one attached hydrogen (secondary N) is 1. The highest BCUT2D eigenvalue weighted by Gasteiger charge is 2.33. The van der Waals surface area contributed by atoms with Gasteiger partial charge in [-0.2, -0.15) is 13.2 Å². The van der Waals surface area contributed by atoms with Crippen molar-refractivity contribution in [1.29, 1.82) is 0 Å². The number of nitrogens with zero attached hydrogens (tertiary/aromatic N) is 1. The van der Waals surface area contributed by atoms with Gasteiger partial charge in [-0.25, -0.2) is 4.68 Å². The van der Waals surface area contributed by atoms with Crippen LogP contribution in [0.4, 0.5) is 13.2 Å². The normalized spacial score (nSPS) is 11.8. The summed E-state index contributed by atoms with van der Waals surface area (Å²) in [5.41, 5.74) is -1.47. The summed E-state index contributed by atoms with van der Waals surface area (Å²) in [7, 11) is 0. The van der Waals surface area contributed by atoms with Crippen molar-refractivity contribution in [3.8, 4) is 5.69 Å². The Bertz CT molecular complexity index is 583. The largest absolute Gasteiger partial charge is 0.432 e. The van der Waals surface area contributed by atoms with Crippen molar-refractivity contribution < 1.29 is 13.2 Å². The maximum absolute atomic E-state index is 12.4. The highest BCUT2D eigenvalue weighted by atomic mass is 79.9. The molecule has 0 fully saturated rings. The van der Waals surface area contributed by atoms with Gasteiger partial charge in [0.2, 0.25) is 0 Å². The Kier molecular flexibility index (Phi) is 2.86. The van der Waals surface area contributed by atoms with Crippen LogP contribution in [0.5, 0.6) is 0 Å². The molecule has 0 unspecified atom stereocenters. The van der Waals surface area contributed by atoms with Crippen molar-refractivity contribution in [2.24, 2.45) is 0 Å². The van der Waals surface area contributed by atoms with E-state index in [2.05, 4.69) is 15.9 Å². The van der Waals surface area contributed by atoms with Gasteiger partial charge in [0.15, 0.2) is 0 Å². The molecule has 0 saturated heterocycles. The fraction of sp³-hybridized carbons (Fsp3) is 0.100. The Hall–Kier alpha value is -1.50. The molecule has 3 nitrogen and oxygen atoms in total. The van der Waals surface area contributed by atoms with Crippen molar-refractivity contribution in [3.05, 3.63) is 50.9 Å². The Morgan fingerprint density at radius 1 is 1.18 bits per heavy atom. The van der Waals surface area contributed by atoms with Gasteiger partial charge >= 0.3 is 6.18 Å². The minimum absolute atomic E-state index is 0.341. The van der Waals surface area contributed by atoms with Crippen molar-refractivity contribution in [2.75, 3.05) is 0 Å². The molecule has 2 rings (SSSR count). The Labute approximate surface area is 102 Å². The Morgan fingerprint density at radius 2 is 1.76 bits per heavy atom. The highest BCUT2D eigenvalue weighted by molar-refractivity contribution is 9.10. The molecular formula is C10H6BrF3N2O. The summed E-state index contributed by atoms with van der Waals surface area (Å²) in [4.78, 5) is 11.4. The smallest absolute Gasteiger partial charge is 0.286 e. The maximum Gasteiger partial charge on any atom is 0.432 e. The molecule has 1 aromatic heterocycles. The molecule has 0 saturated carbocycles. The van der Waals surface area contributed by atoms with E-state index in [0.29, 0.717) is 11.8 Å². The molecule has 0 radical (unpaired) electrons.